The van der Waals surface area contributed by atoms with E-state index in [-0.39, 0.29) is 11.9 Å². The lowest BCUT2D eigenvalue weighted by Crippen LogP contribution is -2.35. The van der Waals surface area contributed by atoms with E-state index in [4.69, 9.17) is 4.98 Å². The minimum atomic E-state index is -0.262. The molecule has 0 radical (unpaired) electrons. The van der Waals surface area contributed by atoms with Gasteiger partial charge in [-0.1, -0.05) is 24.3 Å². The van der Waals surface area contributed by atoms with Crippen molar-refractivity contribution in [2.24, 2.45) is 0 Å². The number of nitrogens with one attached hydrogen (secondary N) is 1. The number of aromatic nitrogens is 2. The maximum Gasteiger partial charge on any atom is 0.229 e. The van der Waals surface area contributed by atoms with Crippen molar-refractivity contribution in [2.45, 2.75) is 26.3 Å². The highest BCUT2D eigenvalue weighted by Crippen LogP contribution is 2.34. The SMILES string of the molecule is Cc1cnc(Nc2ccc(F)cc2)nc1N1CCc2ccccc2C1C. The maximum absolute atomic E-state index is 13.1. The van der Waals surface area contributed by atoms with Crippen molar-refractivity contribution < 1.29 is 4.39 Å². The lowest BCUT2D eigenvalue weighted by Gasteiger charge is -2.37. The molecule has 0 saturated carbocycles. The van der Waals surface area contributed by atoms with Gasteiger partial charge in [-0.3, -0.25) is 0 Å². The number of benzene rings is 2. The highest BCUT2D eigenvalue weighted by Gasteiger charge is 2.26. The third kappa shape index (κ3) is 3.12. The van der Waals surface area contributed by atoms with Crippen molar-refractivity contribution in [2.75, 3.05) is 16.8 Å². The summed E-state index contributed by atoms with van der Waals surface area (Å²) in [6, 6.07) is 15.0. The zero-order valence-corrected chi connectivity index (χ0v) is 14.9. The van der Waals surface area contributed by atoms with Crippen molar-refractivity contribution >= 4 is 17.5 Å². The van der Waals surface area contributed by atoms with Gasteiger partial charge >= 0.3 is 0 Å². The van der Waals surface area contributed by atoms with E-state index in [0.717, 1.165) is 30.0 Å². The van der Waals surface area contributed by atoms with Crippen LogP contribution < -0.4 is 10.2 Å². The molecule has 2 heterocycles. The van der Waals surface area contributed by atoms with Gasteiger partial charge in [-0.15, -0.1) is 0 Å². The molecule has 1 N–H and O–H groups in total. The highest BCUT2D eigenvalue weighted by atomic mass is 19.1. The summed E-state index contributed by atoms with van der Waals surface area (Å²) in [5.74, 6) is 1.19. The zero-order valence-electron chi connectivity index (χ0n) is 14.9. The van der Waals surface area contributed by atoms with Crippen LogP contribution in [0, 0.1) is 12.7 Å². The number of hydrogen-bond acceptors (Lipinski definition) is 4. The Balaban J connectivity index is 1.63. The lowest BCUT2D eigenvalue weighted by molar-refractivity contribution is 0.615. The highest BCUT2D eigenvalue weighted by molar-refractivity contribution is 5.58. The molecule has 132 valence electrons. The van der Waals surface area contributed by atoms with E-state index < -0.39 is 0 Å². The fourth-order valence-electron chi connectivity index (χ4n) is 3.51. The standard InChI is InChI=1S/C21H21FN4/c1-14-13-23-21(24-18-9-7-17(22)8-10-18)25-20(14)26-12-11-16-5-3-4-6-19(16)15(26)2/h3-10,13,15H,11-12H2,1-2H3,(H,23,24,25). The molecule has 0 aliphatic carbocycles. The normalized spacial score (nSPS) is 16.3. The molecule has 0 amide bonds. The van der Waals surface area contributed by atoms with E-state index in [2.05, 4.69) is 46.4 Å². The van der Waals surface area contributed by atoms with Gasteiger partial charge in [0.25, 0.3) is 0 Å². The molecule has 4 nitrogen and oxygen atoms in total. The maximum atomic E-state index is 13.1. The lowest BCUT2D eigenvalue weighted by atomic mass is 9.93. The molecular formula is C21H21FN4. The van der Waals surface area contributed by atoms with Crippen LogP contribution in [0.2, 0.25) is 0 Å². The van der Waals surface area contributed by atoms with E-state index in [0.29, 0.717) is 5.95 Å². The summed E-state index contributed by atoms with van der Waals surface area (Å²) in [5.41, 5.74) is 4.57. The number of fused-ring (bicyclic) bond motifs is 1. The molecule has 4 rings (SSSR count). The van der Waals surface area contributed by atoms with Gasteiger partial charge in [0, 0.05) is 24.0 Å². The van der Waals surface area contributed by atoms with Crippen LogP contribution >= 0.6 is 0 Å². The molecule has 1 aliphatic heterocycles. The van der Waals surface area contributed by atoms with E-state index in [1.807, 2.05) is 13.1 Å². The van der Waals surface area contributed by atoms with Gasteiger partial charge < -0.3 is 10.2 Å². The zero-order chi connectivity index (χ0) is 18.1. The monoisotopic (exact) mass is 348 g/mol. The van der Waals surface area contributed by atoms with Gasteiger partial charge in [0.2, 0.25) is 5.95 Å². The second-order valence-corrected chi connectivity index (χ2v) is 6.65. The van der Waals surface area contributed by atoms with Crippen molar-refractivity contribution in [3.8, 4) is 0 Å². The van der Waals surface area contributed by atoms with Crippen molar-refractivity contribution in [3.05, 3.63) is 77.2 Å². The predicted molar refractivity (Wildman–Crippen MR) is 102 cm³/mol. The Morgan fingerprint density at radius 3 is 2.69 bits per heavy atom. The number of halogens is 1. The minimum Gasteiger partial charge on any atom is -0.349 e. The number of rotatable bonds is 3. The fraction of sp³-hybridized carbons (Fsp3) is 0.238. The number of anilines is 3. The summed E-state index contributed by atoms with van der Waals surface area (Å²) in [5, 5.41) is 3.16. The third-order valence-electron chi connectivity index (χ3n) is 4.91. The Bertz CT molecular complexity index is 924. The van der Waals surface area contributed by atoms with Crippen molar-refractivity contribution in [1.82, 2.24) is 9.97 Å². The number of aryl methyl sites for hydroxylation is 1. The van der Waals surface area contributed by atoms with Gasteiger partial charge in [-0.2, -0.15) is 4.98 Å². The molecule has 1 unspecified atom stereocenters. The molecule has 2 aromatic carbocycles. The predicted octanol–water partition coefficient (Wildman–Crippen LogP) is 4.79. The molecule has 1 aromatic heterocycles. The van der Waals surface area contributed by atoms with E-state index >= 15 is 0 Å². The van der Waals surface area contributed by atoms with Gasteiger partial charge in [-0.25, -0.2) is 9.37 Å². The van der Waals surface area contributed by atoms with Crippen LogP contribution in [-0.2, 0) is 6.42 Å². The smallest absolute Gasteiger partial charge is 0.229 e. The molecule has 0 saturated heterocycles. The Kier molecular flexibility index (Phi) is 4.29. The quantitative estimate of drug-likeness (QED) is 0.739. The van der Waals surface area contributed by atoms with E-state index in [1.54, 1.807) is 12.1 Å². The van der Waals surface area contributed by atoms with Crippen LogP contribution in [0.1, 0.15) is 29.7 Å². The summed E-state index contributed by atoms with van der Waals surface area (Å²) < 4.78 is 13.1. The van der Waals surface area contributed by atoms with Gasteiger partial charge in [0.15, 0.2) is 0 Å². The second kappa shape index (κ2) is 6.75. The third-order valence-corrected chi connectivity index (χ3v) is 4.91. The average molecular weight is 348 g/mol. The molecule has 0 bridgehead atoms. The van der Waals surface area contributed by atoms with Gasteiger partial charge in [0.05, 0.1) is 6.04 Å². The Labute approximate surface area is 152 Å². The molecule has 5 heteroatoms. The summed E-state index contributed by atoms with van der Waals surface area (Å²) in [4.78, 5) is 11.5. The first kappa shape index (κ1) is 16.5. The first-order valence-corrected chi connectivity index (χ1v) is 8.82. The van der Waals surface area contributed by atoms with Crippen LogP contribution in [0.5, 0.6) is 0 Å². The average Bonchev–Trinajstić information content (AvgIpc) is 2.66. The van der Waals surface area contributed by atoms with Crippen molar-refractivity contribution in [3.63, 3.8) is 0 Å². The Morgan fingerprint density at radius 2 is 1.88 bits per heavy atom. The topological polar surface area (TPSA) is 41.1 Å². The van der Waals surface area contributed by atoms with Crippen LogP contribution in [-0.4, -0.2) is 16.5 Å². The molecule has 0 spiro atoms. The molecular weight excluding hydrogens is 327 g/mol. The van der Waals surface area contributed by atoms with E-state index in [1.165, 1.54) is 23.3 Å². The molecule has 1 aliphatic rings. The fourth-order valence-corrected chi connectivity index (χ4v) is 3.51. The first-order chi connectivity index (χ1) is 12.6. The molecule has 1 atom stereocenters. The Hall–Kier alpha value is -2.95. The summed E-state index contributed by atoms with van der Waals surface area (Å²) >= 11 is 0. The van der Waals surface area contributed by atoms with Crippen LogP contribution in [0.4, 0.5) is 21.8 Å². The van der Waals surface area contributed by atoms with Gasteiger partial charge in [-0.05, 0) is 55.7 Å². The molecule has 26 heavy (non-hydrogen) atoms. The Morgan fingerprint density at radius 1 is 1.12 bits per heavy atom. The summed E-state index contributed by atoms with van der Waals surface area (Å²) in [6.07, 6.45) is 2.84. The second-order valence-electron chi connectivity index (χ2n) is 6.65. The van der Waals surface area contributed by atoms with Crippen LogP contribution in [0.3, 0.4) is 0 Å². The largest absolute Gasteiger partial charge is 0.349 e. The number of nitrogens with zero attached hydrogens (tertiary/aromatic N) is 3. The minimum absolute atomic E-state index is 0.257. The summed E-state index contributed by atoms with van der Waals surface area (Å²) in [6.45, 7) is 5.17. The van der Waals surface area contributed by atoms with Crippen LogP contribution in [0.25, 0.3) is 0 Å². The summed E-state index contributed by atoms with van der Waals surface area (Å²) in [7, 11) is 0. The van der Waals surface area contributed by atoms with Gasteiger partial charge in [0.1, 0.15) is 11.6 Å². The molecule has 3 aromatic rings. The molecule has 0 fully saturated rings. The van der Waals surface area contributed by atoms with Crippen molar-refractivity contribution in [1.29, 1.82) is 0 Å². The van der Waals surface area contributed by atoms with E-state index in [9.17, 15) is 4.39 Å². The number of hydrogen-bond donors (Lipinski definition) is 1. The van der Waals surface area contributed by atoms with Crippen LogP contribution in [0.15, 0.2) is 54.7 Å². The first-order valence-electron chi connectivity index (χ1n) is 8.82.